The Kier molecular flexibility index (Phi) is 3.86. The molecule has 82 valence electrons. The van der Waals surface area contributed by atoms with Gasteiger partial charge in [-0.15, -0.1) is 0 Å². The van der Waals surface area contributed by atoms with Gasteiger partial charge in [0.1, 0.15) is 5.75 Å². The first kappa shape index (κ1) is 11.2. The van der Waals surface area contributed by atoms with E-state index in [0.717, 1.165) is 18.6 Å². The van der Waals surface area contributed by atoms with Crippen LogP contribution in [-0.2, 0) is 6.42 Å². The van der Waals surface area contributed by atoms with Crippen molar-refractivity contribution in [2.75, 3.05) is 6.61 Å². The van der Waals surface area contributed by atoms with E-state index in [1.54, 1.807) is 0 Å². The lowest BCUT2D eigenvalue weighted by Crippen LogP contribution is -1.98. The Morgan fingerprint density at radius 2 is 2.20 bits per heavy atom. The molecule has 2 nitrogen and oxygen atoms in total. The van der Waals surface area contributed by atoms with Crippen LogP contribution in [0, 0.1) is 3.57 Å². The molecule has 1 N–H and O–H groups in total. The van der Waals surface area contributed by atoms with Gasteiger partial charge in [0.2, 0.25) is 0 Å². The summed E-state index contributed by atoms with van der Waals surface area (Å²) in [5.74, 6) is 1.01. The van der Waals surface area contributed by atoms with E-state index in [2.05, 4.69) is 34.7 Å². The van der Waals surface area contributed by atoms with Crippen molar-refractivity contribution >= 4 is 22.6 Å². The number of ether oxygens (including phenoxy) is 1. The molecular weight excluding hydrogens is 303 g/mol. The van der Waals surface area contributed by atoms with Crippen LogP contribution < -0.4 is 4.74 Å². The van der Waals surface area contributed by atoms with E-state index in [1.807, 2.05) is 6.07 Å². The Labute approximate surface area is 104 Å². The van der Waals surface area contributed by atoms with Crippen LogP contribution >= 0.6 is 22.6 Å². The first-order chi connectivity index (χ1) is 7.29. The molecule has 0 heterocycles. The van der Waals surface area contributed by atoms with Gasteiger partial charge < -0.3 is 9.84 Å². The van der Waals surface area contributed by atoms with Crippen molar-refractivity contribution in [2.45, 2.75) is 31.8 Å². The van der Waals surface area contributed by atoms with Crippen molar-refractivity contribution in [3.05, 3.63) is 27.3 Å². The third-order valence-electron chi connectivity index (χ3n) is 2.44. The summed E-state index contributed by atoms with van der Waals surface area (Å²) in [6.45, 7) is 0.261. The Morgan fingerprint density at radius 1 is 1.40 bits per heavy atom. The minimum Gasteiger partial charge on any atom is -0.489 e. The molecule has 0 unspecified atom stereocenters. The number of rotatable bonds is 5. The monoisotopic (exact) mass is 318 g/mol. The fourth-order valence-corrected chi connectivity index (χ4v) is 2.15. The molecule has 2 rings (SSSR count). The Bertz CT molecular complexity index is 334. The zero-order chi connectivity index (χ0) is 10.7. The maximum Gasteiger partial charge on any atom is 0.133 e. The van der Waals surface area contributed by atoms with E-state index < -0.39 is 0 Å². The Balaban J connectivity index is 2.00. The Morgan fingerprint density at radius 3 is 2.80 bits per heavy atom. The van der Waals surface area contributed by atoms with E-state index in [1.165, 1.54) is 22.0 Å². The maximum atomic E-state index is 8.75. The van der Waals surface area contributed by atoms with Crippen LogP contribution in [-0.4, -0.2) is 17.8 Å². The predicted molar refractivity (Wildman–Crippen MR) is 68.2 cm³/mol. The minimum atomic E-state index is 0.261. The summed E-state index contributed by atoms with van der Waals surface area (Å²) in [4.78, 5) is 0. The number of hydrogen-bond donors (Lipinski definition) is 1. The quantitative estimate of drug-likeness (QED) is 0.846. The van der Waals surface area contributed by atoms with E-state index in [4.69, 9.17) is 9.84 Å². The molecule has 3 heteroatoms. The first-order valence-electron chi connectivity index (χ1n) is 5.35. The molecule has 1 aliphatic carbocycles. The second-order valence-electron chi connectivity index (χ2n) is 3.91. The van der Waals surface area contributed by atoms with Gasteiger partial charge in [0.15, 0.2) is 0 Å². The molecule has 1 aromatic carbocycles. The van der Waals surface area contributed by atoms with Gasteiger partial charge in [0.05, 0.1) is 9.67 Å². The second kappa shape index (κ2) is 5.16. The van der Waals surface area contributed by atoms with Gasteiger partial charge in [-0.25, -0.2) is 0 Å². The lowest BCUT2D eigenvalue weighted by atomic mass is 10.1. The van der Waals surface area contributed by atoms with Gasteiger partial charge in [0.25, 0.3) is 0 Å². The molecule has 0 bridgehead atoms. The average molecular weight is 318 g/mol. The van der Waals surface area contributed by atoms with Crippen LogP contribution in [0.25, 0.3) is 0 Å². The highest BCUT2D eigenvalue weighted by Gasteiger charge is 2.24. The van der Waals surface area contributed by atoms with E-state index in [-0.39, 0.29) is 6.61 Å². The smallest absolute Gasteiger partial charge is 0.133 e. The fraction of sp³-hybridized carbons (Fsp3) is 0.500. The highest BCUT2D eigenvalue weighted by atomic mass is 127. The third-order valence-corrected chi connectivity index (χ3v) is 3.28. The van der Waals surface area contributed by atoms with E-state index in [9.17, 15) is 0 Å². The SMILES string of the molecule is OCCCc1ccc(OC2CC2)c(I)c1. The van der Waals surface area contributed by atoms with Crippen molar-refractivity contribution in [3.8, 4) is 5.75 Å². The summed E-state index contributed by atoms with van der Waals surface area (Å²) in [5.41, 5.74) is 1.27. The van der Waals surface area contributed by atoms with Gasteiger partial charge in [0, 0.05) is 6.61 Å². The van der Waals surface area contributed by atoms with Gasteiger partial charge in [-0.1, -0.05) is 6.07 Å². The zero-order valence-electron chi connectivity index (χ0n) is 8.58. The minimum absolute atomic E-state index is 0.261. The van der Waals surface area contributed by atoms with Crippen LogP contribution in [0.4, 0.5) is 0 Å². The maximum absolute atomic E-state index is 8.75. The normalized spacial score (nSPS) is 15.3. The highest BCUT2D eigenvalue weighted by molar-refractivity contribution is 14.1. The Hall–Kier alpha value is -0.290. The van der Waals surface area contributed by atoms with Crippen LogP contribution in [0.15, 0.2) is 18.2 Å². The number of aliphatic hydroxyl groups excluding tert-OH is 1. The van der Waals surface area contributed by atoms with Gasteiger partial charge in [-0.2, -0.15) is 0 Å². The van der Waals surface area contributed by atoms with Crippen molar-refractivity contribution in [3.63, 3.8) is 0 Å². The van der Waals surface area contributed by atoms with Crippen LogP contribution in [0.1, 0.15) is 24.8 Å². The molecule has 0 amide bonds. The number of aryl methyl sites for hydroxylation is 1. The van der Waals surface area contributed by atoms with Crippen molar-refractivity contribution in [1.29, 1.82) is 0 Å². The van der Waals surface area contributed by atoms with E-state index in [0.29, 0.717) is 6.10 Å². The third kappa shape index (κ3) is 3.34. The summed E-state index contributed by atoms with van der Waals surface area (Å²) < 4.78 is 6.93. The second-order valence-corrected chi connectivity index (χ2v) is 5.07. The summed E-state index contributed by atoms with van der Waals surface area (Å²) in [6.07, 6.45) is 4.63. The van der Waals surface area contributed by atoms with Crippen molar-refractivity contribution in [2.24, 2.45) is 0 Å². The van der Waals surface area contributed by atoms with Crippen molar-refractivity contribution in [1.82, 2.24) is 0 Å². The lowest BCUT2D eigenvalue weighted by Gasteiger charge is -2.08. The average Bonchev–Trinajstić information content (AvgIpc) is 3.02. The summed E-state index contributed by atoms with van der Waals surface area (Å²) in [7, 11) is 0. The number of aliphatic hydroxyl groups is 1. The number of halogens is 1. The summed E-state index contributed by atoms with van der Waals surface area (Å²) in [6, 6.07) is 6.29. The zero-order valence-corrected chi connectivity index (χ0v) is 10.7. The fourth-order valence-electron chi connectivity index (χ4n) is 1.44. The molecule has 1 fully saturated rings. The molecule has 15 heavy (non-hydrogen) atoms. The van der Waals surface area contributed by atoms with Crippen LogP contribution in [0.3, 0.4) is 0 Å². The molecule has 0 atom stereocenters. The molecule has 1 saturated carbocycles. The van der Waals surface area contributed by atoms with Gasteiger partial charge in [-0.3, -0.25) is 0 Å². The molecule has 0 saturated heterocycles. The molecule has 0 radical (unpaired) electrons. The number of hydrogen-bond acceptors (Lipinski definition) is 2. The van der Waals surface area contributed by atoms with Gasteiger partial charge in [-0.05, 0) is 66.0 Å². The summed E-state index contributed by atoms with van der Waals surface area (Å²) >= 11 is 2.31. The lowest BCUT2D eigenvalue weighted by molar-refractivity contribution is 0.288. The van der Waals surface area contributed by atoms with Crippen LogP contribution in [0.5, 0.6) is 5.75 Å². The van der Waals surface area contributed by atoms with E-state index >= 15 is 0 Å². The largest absolute Gasteiger partial charge is 0.489 e. The number of benzene rings is 1. The standard InChI is InChI=1S/C12H15IO2/c13-11-8-9(2-1-7-14)3-6-12(11)15-10-4-5-10/h3,6,8,10,14H,1-2,4-5,7H2. The van der Waals surface area contributed by atoms with Gasteiger partial charge >= 0.3 is 0 Å². The molecule has 0 aliphatic heterocycles. The van der Waals surface area contributed by atoms with Crippen molar-refractivity contribution < 1.29 is 9.84 Å². The highest BCUT2D eigenvalue weighted by Crippen LogP contribution is 2.30. The molecule has 0 spiro atoms. The predicted octanol–water partition coefficient (Wildman–Crippen LogP) is 2.76. The topological polar surface area (TPSA) is 29.5 Å². The molecule has 1 aromatic rings. The summed E-state index contributed by atoms with van der Waals surface area (Å²) in [5, 5.41) is 8.75. The van der Waals surface area contributed by atoms with Crippen LogP contribution in [0.2, 0.25) is 0 Å². The molecule has 1 aliphatic rings. The first-order valence-corrected chi connectivity index (χ1v) is 6.43. The molecular formula is C12H15IO2. The molecule has 0 aromatic heterocycles.